The van der Waals surface area contributed by atoms with Crippen LogP contribution in [0.25, 0.3) is 65.3 Å². The van der Waals surface area contributed by atoms with E-state index in [1.165, 1.54) is 65.2 Å². The second-order valence-corrected chi connectivity index (χ2v) is 16.4. The highest BCUT2D eigenvalue weighted by molar-refractivity contribution is 6.98. The van der Waals surface area contributed by atoms with Crippen molar-refractivity contribution in [3.8, 4) is 33.8 Å². The fourth-order valence-corrected chi connectivity index (χ4v) is 10.0. The first-order chi connectivity index (χ1) is 30.7. The van der Waals surface area contributed by atoms with Crippen molar-refractivity contribution < 1.29 is 4.74 Å². The summed E-state index contributed by atoms with van der Waals surface area (Å²) in [5, 5.41) is 9.82. The Morgan fingerprint density at radius 1 is 0.371 bits per heavy atom. The van der Waals surface area contributed by atoms with Gasteiger partial charge in [-0.25, -0.2) is 0 Å². The highest BCUT2D eigenvalue weighted by Gasteiger charge is 2.30. The second-order valence-electron chi connectivity index (χ2n) is 16.4. The van der Waals surface area contributed by atoms with E-state index in [-0.39, 0.29) is 6.71 Å². The minimum absolute atomic E-state index is 0.0218. The zero-order valence-electron chi connectivity index (χ0n) is 34.3. The minimum Gasteiger partial charge on any atom is -0.456 e. The van der Waals surface area contributed by atoms with Gasteiger partial charge in [0.1, 0.15) is 11.5 Å². The Balaban J connectivity index is 1.03. The van der Waals surface area contributed by atoms with E-state index >= 15 is 0 Å². The lowest BCUT2D eigenvalue weighted by Crippen LogP contribution is -2.53. The number of fused-ring (bicyclic) bond motifs is 6. The molecule has 1 aliphatic heterocycles. The molecule has 2 nitrogen and oxygen atoms in total. The van der Waals surface area contributed by atoms with Crippen LogP contribution < -0.4 is 26.0 Å². The molecule has 0 spiro atoms. The van der Waals surface area contributed by atoms with Gasteiger partial charge in [-0.2, -0.15) is 0 Å². The summed E-state index contributed by atoms with van der Waals surface area (Å²) in [4.78, 5) is 2.39. The monoisotopic (exact) mass is 789 g/mol. The molecule has 62 heavy (non-hydrogen) atoms. The summed E-state index contributed by atoms with van der Waals surface area (Å²) in [7, 11) is 0. The molecule has 0 atom stereocenters. The smallest absolute Gasteiger partial charge is 0.243 e. The molecule has 0 aromatic heterocycles. The lowest BCUT2D eigenvalue weighted by molar-refractivity contribution is 0.487. The maximum atomic E-state index is 7.06. The normalized spacial score (nSPS) is 11.8. The highest BCUT2D eigenvalue weighted by atomic mass is 16.5. The van der Waals surface area contributed by atoms with Crippen molar-refractivity contribution >= 4 is 83.3 Å². The fourth-order valence-electron chi connectivity index (χ4n) is 10.0. The van der Waals surface area contributed by atoms with Crippen molar-refractivity contribution in [2.75, 3.05) is 4.90 Å². The lowest BCUT2D eigenvalue weighted by Gasteiger charge is -2.30. The van der Waals surface area contributed by atoms with E-state index in [0.717, 1.165) is 50.6 Å². The molecule has 1 aliphatic rings. The highest BCUT2D eigenvalue weighted by Crippen LogP contribution is 2.50. The first-order valence-corrected chi connectivity index (χ1v) is 21.5. The molecule has 0 bridgehead atoms. The predicted molar refractivity (Wildman–Crippen MR) is 264 cm³/mol. The van der Waals surface area contributed by atoms with Crippen LogP contribution in [-0.2, 0) is 0 Å². The summed E-state index contributed by atoms with van der Waals surface area (Å²) in [5.41, 5.74) is 12.9. The van der Waals surface area contributed by atoms with Crippen molar-refractivity contribution in [2.24, 2.45) is 0 Å². The van der Waals surface area contributed by atoms with Crippen molar-refractivity contribution in [1.82, 2.24) is 0 Å². The van der Waals surface area contributed by atoms with E-state index < -0.39 is 0 Å². The van der Waals surface area contributed by atoms with E-state index in [0.29, 0.717) is 0 Å². The fraction of sp³-hybridized carbons (Fsp3) is 0.0169. The van der Waals surface area contributed by atoms with Crippen molar-refractivity contribution in [2.45, 2.75) is 6.92 Å². The summed E-state index contributed by atoms with van der Waals surface area (Å²) >= 11 is 0. The van der Waals surface area contributed by atoms with Gasteiger partial charge in [0.05, 0.1) is 5.69 Å². The van der Waals surface area contributed by atoms with Gasteiger partial charge < -0.3 is 9.64 Å². The molecule has 11 aromatic carbocycles. The molecule has 290 valence electrons. The zero-order valence-corrected chi connectivity index (χ0v) is 34.3. The van der Waals surface area contributed by atoms with Gasteiger partial charge in [-0.3, -0.25) is 0 Å². The summed E-state index contributed by atoms with van der Waals surface area (Å²) in [5.74, 6) is 1.72. The maximum Gasteiger partial charge on any atom is 0.243 e. The minimum atomic E-state index is 0.0218. The van der Waals surface area contributed by atoms with Crippen LogP contribution in [-0.4, -0.2) is 6.71 Å². The van der Waals surface area contributed by atoms with E-state index in [1.807, 2.05) is 0 Å². The van der Waals surface area contributed by atoms with Gasteiger partial charge in [-0.1, -0.05) is 204 Å². The second kappa shape index (κ2) is 14.7. The number of ether oxygens (including phenoxy) is 1. The Labute approximate surface area is 362 Å². The number of hydrogen-bond acceptors (Lipinski definition) is 2. The van der Waals surface area contributed by atoms with Crippen molar-refractivity contribution in [1.29, 1.82) is 0 Å². The molecule has 0 fully saturated rings. The molecule has 12 rings (SSSR count). The van der Waals surface area contributed by atoms with Gasteiger partial charge >= 0.3 is 0 Å². The zero-order chi connectivity index (χ0) is 41.1. The number of anilines is 3. The van der Waals surface area contributed by atoms with Gasteiger partial charge in [0, 0.05) is 34.0 Å². The first-order valence-electron chi connectivity index (χ1n) is 21.5. The largest absolute Gasteiger partial charge is 0.456 e. The third-order valence-corrected chi connectivity index (χ3v) is 12.9. The summed E-state index contributed by atoms with van der Waals surface area (Å²) in [6, 6.07) is 81.7. The van der Waals surface area contributed by atoms with Crippen LogP contribution in [0.1, 0.15) is 5.56 Å². The Hall–Kier alpha value is -7.88. The quantitative estimate of drug-likeness (QED) is 0.118. The number of aryl methyl sites for hydroxylation is 1. The molecule has 0 saturated heterocycles. The topological polar surface area (TPSA) is 12.5 Å². The molecule has 11 aromatic rings. The van der Waals surface area contributed by atoms with E-state index in [4.69, 9.17) is 4.74 Å². The molecular weight excluding hydrogens is 749 g/mol. The molecule has 0 N–H and O–H groups in total. The summed E-state index contributed by atoms with van der Waals surface area (Å²) in [6.45, 7) is 2.25. The van der Waals surface area contributed by atoms with Crippen LogP contribution in [0.4, 0.5) is 17.1 Å². The number of rotatable bonds is 7. The Bertz CT molecular complexity index is 3530. The molecule has 0 radical (unpaired) electrons. The van der Waals surface area contributed by atoms with Gasteiger partial charge in [-0.05, 0) is 92.2 Å². The van der Waals surface area contributed by atoms with Gasteiger partial charge in [0.25, 0.3) is 0 Å². The lowest BCUT2D eigenvalue weighted by atomic mass is 9.35. The number of para-hydroxylation sites is 1. The van der Waals surface area contributed by atoms with Crippen LogP contribution in [0, 0.1) is 6.92 Å². The number of benzene rings is 11. The third kappa shape index (κ3) is 5.89. The SMILES string of the molecule is Cc1ccccc1B(c1cccc2ccccc12)c1ccc2c3c(cccc13)Oc1cc(N(c3ccc4c(ccc5ccccc54)c3)c3ccccc3-c3ccccc3)ccc1-2. The van der Waals surface area contributed by atoms with Crippen molar-refractivity contribution in [3.05, 3.63) is 230 Å². The molecule has 0 aliphatic carbocycles. The average molecular weight is 790 g/mol. The molecule has 1 heterocycles. The molecule has 3 heteroatoms. The number of nitrogens with zero attached hydrogens (tertiary/aromatic N) is 1. The van der Waals surface area contributed by atoms with Crippen LogP contribution in [0.15, 0.2) is 224 Å². The Morgan fingerprint density at radius 3 is 1.87 bits per heavy atom. The third-order valence-electron chi connectivity index (χ3n) is 12.9. The summed E-state index contributed by atoms with van der Waals surface area (Å²) < 4.78 is 7.06. The predicted octanol–water partition coefficient (Wildman–Crippen LogP) is 14.0. The van der Waals surface area contributed by atoms with E-state index in [1.54, 1.807) is 0 Å². The van der Waals surface area contributed by atoms with Crippen LogP contribution >= 0.6 is 0 Å². The average Bonchev–Trinajstić information content (AvgIpc) is 3.33. The van der Waals surface area contributed by atoms with Crippen LogP contribution in [0.3, 0.4) is 0 Å². The molecule has 0 amide bonds. The van der Waals surface area contributed by atoms with Gasteiger partial charge in [0.15, 0.2) is 0 Å². The number of hydrogen-bond donors (Lipinski definition) is 0. The standard InChI is InChI=1S/C59H40BNO/c1-39-15-5-11-25-53(39)60(54-26-13-20-40-18-7-9-22-48(40)54)55-36-35-51-50-34-32-45(38-58(50)62-57-28-14-24-52(55)59(51)57)61(56-27-12-10-23-49(56)41-16-3-2-4-17-41)44-31-33-47-43(37-44)30-29-42-19-6-8-21-46(42)47/h2-38H,1H3. The molecule has 0 unspecified atom stereocenters. The van der Waals surface area contributed by atoms with Gasteiger partial charge in [0.2, 0.25) is 6.71 Å². The van der Waals surface area contributed by atoms with Crippen LogP contribution in [0.5, 0.6) is 11.5 Å². The maximum absolute atomic E-state index is 7.06. The Kier molecular flexibility index (Phi) is 8.53. The van der Waals surface area contributed by atoms with Gasteiger partial charge in [-0.15, -0.1) is 0 Å². The summed E-state index contributed by atoms with van der Waals surface area (Å²) in [6.07, 6.45) is 0. The van der Waals surface area contributed by atoms with E-state index in [9.17, 15) is 0 Å². The molecule has 0 saturated carbocycles. The van der Waals surface area contributed by atoms with Crippen molar-refractivity contribution in [3.63, 3.8) is 0 Å². The first kappa shape index (κ1) is 36.0. The Morgan fingerprint density at radius 2 is 0.984 bits per heavy atom. The van der Waals surface area contributed by atoms with E-state index in [2.05, 4.69) is 236 Å². The van der Waals surface area contributed by atoms with Crippen LogP contribution in [0.2, 0.25) is 0 Å². The molecular formula is C59H40BNO.